The van der Waals surface area contributed by atoms with Gasteiger partial charge in [-0.2, -0.15) is 0 Å². The van der Waals surface area contributed by atoms with Gasteiger partial charge in [-0.25, -0.2) is 9.97 Å². The number of methoxy groups -OCH3 is 1. The van der Waals surface area contributed by atoms with E-state index in [1.165, 1.54) is 7.11 Å². The number of fused-ring (bicyclic) bond motifs is 1. The summed E-state index contributed by atoms with van der Waals surface area (Å²) in [7, 11) is 1.40. The lowest BCUT2D eigenvalue weighted by Crippen LogP contribution is -2.31. The zero-order chi connectivity index (χ0) is 18.8. The van der Waals surface area contributed by atoms with Gasteiger partial charge in [-0.05, 0) is 12.5 Å². The summed E-state index contributed by atoms with van der Waals surface area (Å²) < 4.78 is 4.73. The number of rotatable bonds is 5. The van der Waals surface area contributed by atoms with E-state index < -0.39 is 0 Å². The third-order valence-electron chi connectivity index (χ3n) is 4.77. The lowest BCUT2D eigenvalue weighted by Gasteiger charge is -2.15. The molecule has 7 nitrogen and oxygen atoms in total. The topological polar surface area (TPSA) is 83.1 Å². The van der Waals surface area contributed by atoms with Crippen molar-refractivity contribution < 1.29 is 9.53 Å². The van der Waals surface area contributed by atoms with Gasteiger partial charge in [-0.1, -0.05) is 29.8 Å². The Balaban J connectivity index is 1.52. The minimum Gasteiger partial charge on any atom is -0.468 e. The zero-order valence-electron chi connectivity index (χ0n) is 14.9. The Morgan fingerprint density at radius 3 is 3.15 bits per heavy atom. The highest BCUT2D eigenvalue weighted by Crippen LogP contribution is 2.32. The maximum Gasteiger partial charge on any atom is 0.319 e. The van der Waals surface area contributed by atoms with Crippen molar-refractivity contribution in [2.75, 3.05) is 32.1 Å². The third-order valence-corrected chi connectivity index (χ3v) is 5.05. The number of anilines is 1. The van der Waals surface area contributed by atoms with Crippen molar-refractivity contribution in [2.45, 2.75) is 12.5 Å². The standard InChI is InChI=1S/C19H20ClN5O2/c1-27-17(26)11-25-7-6-12(10-25)23-19-22-9-15(20)18(24-19)14-8-21-16-5-3-2-4-13(14)16/h2-5,8-9,12,21H,6-7,10-11H2,1H3,(H,22,23,24). The van der Waals surface area contributed by atoms with Crippen molar-refractivity contribution in [1.29, 1.82) is 0 Å². The van der Waals surface area contributed by atoms with Crippen molar-refractivity contribution in [2.24, 2.45) is 0 Å². The number of aromatic amines is 1. The molecule has 0 aliphatic carbocycles. The van der Waals surface area contributed by atoms with Crippen LogP contribution in [0.25, 0.3) is 22.2 Å². The minimum absolute atomic E-state index is 0.173. The molecule has 0 radical (unpaired) electrons. The van der Waals surface area contributed by atoms with Crippen LogP contribution in [0.5, 0.6) is 0 Å². The van der Waals surface area contributed by atoms with Crippen LogP contribution >= 0.6 is 11.6 Å². The number of likely N-dealkylation sites (tertiary alicyclic amines) is 1. The van der Waals surface area contributed by atoms with E-state index in [4.69, 9.17) is 16.3 Å². The van der Waals surface area contributed by atoms with Gasteiger partial charge in [0.15, 0.2) is 0 Å². The number of nitrogens with zero attached hydrogens (tertiary/aromatic N) is 3. The summed E-state index contributed by atoms with van der Waals surface area (Å²) in [6.07, 6.45) is 4.44. The molecule has 2 N–H and O–H groups in total. The number of halogens is 1. The van der Waals surface area contributed by atoms with Gasteiger partial charge in [0.2, 0.25) is 5.95 Å². The predicted molar refractivity (Wildman–Crippen MR) is 105 cm³/mol. The van der Waals surface area contributed by atoms with Crippen LogP contribution in [0.15, 0.2) is 36.7 Å². The fraction of sp³-hybridized carbons (Fsp3) is 0.316. The second-order valence-corrected chi connectivity index (χ2v) is 6.99. The number of carbonyl (C=O) groups is 1. The van der Waals surface area contributed by atoms with Gasteiger partial charge < -0.3 is 15.0 Å². The van der Waals surface area contributed by atoms with E-state index in [0.717, 1.165) is 36.0 Å². The van der Waals surface area contributed by atoms with Gasteiger partial charge in [-0.3, -0.25) is 9.69 Å². The summed E-state index contributed by atoms with van der Waals surface area (Å²) in [6.45, 7) is 1.87. The van der Waals surface area contributed by atoms with Gasteiger partial charge in [0.1, 0.15) is 0 Å². The van der Waals surface area contributed by atoms with Crippen LogP contribution in [-0.4, -0.2) is 58.6 Å². The molecule has 1 aromatic carbocycles. The van der Waals surface area contributed by atoms with Gasteiger partial charge in [-0.15, -0.1) is 0 Å². The first-order valence-electron chi connectivity index (χ1n) is 8.79. The number of benzene rings is 1. The number of aromatic nitrogens is 3. The highest BCUT2D eigenvalue weighted by molar-refractivity contribution is 6.33. The fourth-order valence-corrected chi connectivity index (χ4v) is 3.61. The summed E-state index contributed by atoms with van der Waals surface area (Å²) in [5.41, 5.74) is 2.67. The molecule has 1 fully saturated rings. The maximum absolute atomic E-state index is 11.4. The van der Waals surface area contributed by atoms with E-state index in [1.54, 1.807) is 6.20 Å². The first-order valence-corrected chi connectivity index (χ1v) is 9.16. The quantitative estimate of drug-likeness (QED) is 0.657. The smallest absolute Gasteiger partial charge is 0.319 e. The molecule has 0 amide bonds. The van der Waals surface area contributed by atoms with Crippen LogP contribution < -0.4 is 5.32 Å². The second-order valence-electron chi connectivity index (χ2n) is 6.58. The molecule has 1 atom stereocenters. The van der Waals surface area contributed by atoms with E-state index in [-0.39, 0.29) is 12.0 Å². The van der Waals surface area contributed by atoms with Crippen molar-refractivity contribution in [3.63, 3.8) is 0 Å². The molecule has 3 heterocycles. The normalized spacial score (nSPS) is 17.3. The van der Waals surface area contributed by atoms with Crippen LogP contribution in [0.4, 0.5) is 5.95 Å². The van der Waals surface area contributed by atoms with Crippen LogP contribution in [0.1, 0.15) is 6.42 Å². The summed E-state index contributed by atoms with van der Waals surface area (Å²) in [4.78, 5) is 25.7. The van der Waals surface area contributed by atoms with E-state index in [2.05, 4.69) is 25.2 Å². The summed E-state index contributed by atoms with van der Waals surface area (Å²) in [5.74, 6) is 0.310. The molecule has 140 valence electrons. The average Bonchev–Trinajstić information content (AvgIpc) is 3.30. The molecule has 4 rings (SSSR count). The van der Waals surface area contributed by atoms with Gasteiger partial charge in [0, 0.05) is 41.8 Å². The first-order chi connectivity index (χ1) is 13.1. The zero-order valence-corrected chi connectivity index (χ0v) is 15.7. The number of esters is 1. The summed E-state index contributed by atoms with van der Waals surface area (Å²) >= 11 is 6.37. The van der Waals surface area contributed by atoms with E-state index in [1.807, 2.05) is 30.5 Å². The van der Waals surface area contributed by atoms with E-state index in [0.29, 0.717) is 23.2 Å². The summed E-state index contributed by atoms with van der Waals surface area (Å²) in [6, 6.07) is 8.20. The highest BCUT2D eigenvalue weighted by atomic mass is 35.5. The van der Waals surface area contributed by atoms with Crippen molar-refractivity contribution in [3.05, 3.63) is 41.7 Å². The molecular formula is C19H20ClN5O2. The highest BCUT2D eigenvalue weighted by Gasteiger charge is 2.25. The van der Waals surface area contributed by atoms with E-state index >= 15 is 0 Å². The van der Waals surface area contributed by atoms with Gasteiger partial charge >= 0.3 is 5.97 Å². The number of carbonyl (C=O) groups excluding carboxylic acids is 1. The Kier molecular flexibility index (Phi) is 4.96. The van der Waals surface area contributed by atoms with Crippen LogP contribution in [0.3, 0.4) is 0 Å². The SMILES string of the molecule is COC(=O)CN1CCC(Nc2ncc(Cl)c(-c3c[nH]c4ccccc34)n2)C1. The molecule has 1 aliphatic heterocycles. The first kappa shape index (κ1) is 17.8. The molecule has 1 unspecified atom stereocenters. The molecule has 27 heavy (non-hydrogen) atoms. The van der Waals surface area contributed by atoms with Crippen molar-refractivity contribution in [1.82, 2.24) is 19.9 Å². The monoisotopic (exact) mass is 385 g/mol. The lowest BCUT2D eigenvalue weighted by atomic mass is 10.1. The number of para-hydroxylation sites is 1. The number of nitrogens with one attached hydrogen (secondary N) is 2. The van der Waals surface area contributed by atoms with Crippen molar-refractivity contribution in [3.8, 4) is 11.3 Å². The molecule has 0 saturated carbocycles. The molecule has 3 aromatic rings. The molecule has 1 saturated heterocycles. The Morgan fingerprint density at radius 1 is 1.44 bits per heavy atom. The van der Waals surface area contributed by atoms with Crippen LogP contribution in [-0.2, 0) is 9.53 Å². The Bertz CT molecular complexity index is 974. The molecule has 0 bridgehead atoms. The van der Waals surface area contributed by atoms with Gasteiger partial charge in [0.25, 0.3) is 0 Å². The summed E-state index contributed by atoms with van der Waals surface area (Å²) in [5, 5.41) is 4.92. The Morgan fingerprint density at radius 2 is 2.30 bits per heavy atom. The largest absolute Gasteiger partial charge is 0.468 e. The number of H-pyrrole nitrogens is 1. The molecule has 1 aliphatic rings. The Labute approximate surface area is 161 Å². The minimum atomic E-state index is -0.222. The molecular weight excluding hydrogens is 366 g/mol. The predicted octanol–water partition coefficient (Wildman–Crippen LogP) is 2.94. The van der Waals surface area contributed by atoms with Crippen LogP contribution in [0.2, 0.25) is 5.02 Å². The maximum atomic E-state index is 11.4. The van der Waals surface area contributed by atoms with Crippen molar-refractivity contribution >= 4 is 34.4 Å². The lowest BCUT2D eigenvalue weighted by molar-refractivity contribution is -0.141. The molecule has 8 heteroatoms. The molecule has 2 aromatic heterocycles. The van der Waals surface area contributed by atoms with Crippen LogP contribution in [0, 0.1) is 0 Å². The molecule has 0 spiro atoms. The van der Waals surface area contributed by atoms with Gasteiger partial charge in [0.05, 0.1) is 30.6 Å². The fourth-order valence-electron chi connectivity index (χ4n) is 3.42. The second kappa shape index (κ2) is 7.54. The number of ether oxygens (including phenoxy) is 1. The average molecular weight is 386 g/mol. The Hall–Kier alpha value is -2.64. The number of hydrogen-bond donors (Lipinski definition) is 2. The van der Waals surface area contributed by atoms with E-state index in [9.17, 15) is 4.79 Å². The third kappa shape index (κ3) is 3.74. The number of hydrogen-bond acceptors (Lipinski definition) is 6.